The maximum Gasteiger partial charge on any atom is 0.264 e. The average molecular weight is 352 g/mol. The monoisotopic (exact) mass is 351 g/mol. The normalized spacial score (nSPS) is 14.0. The Kier molecular flexibility index (Phi) is 9.17. The number of hydrogen-bond donors (Lipinski definition) is 1. The lowest BCUT2D eigenvalue weighted by molar-refractivity contribution is -0.0659. The lowest BCUT2D eigenvalue weighted by atomic mass is 9.93. The van der Waals surface area contributed by atoms with Crippen LogP contribution in [0.15, 0.2) is 12.0 Å². The first kappa shape index (κ1) is 22.2. The number of rotatable bonds is 10. The lowest BCUT2D eigenvalue weighted by Crippen LogP contribution is -2.33. The highest BCUT2D eigenvalue weighted by atomic mass is 32.2. The smallest absolute Gasteiger partial charge is 0.264 e. The van der Waals surface area contributed by atoms with Crippen LogP contribution in [0.2, 0.25) is 0 Å². The SMILES string of the molecule is CC(C)(C)ONC(=COCCCCCOS(C)(=O)=O)C(C)(C)C. The molecule has 0 atom stereocenters. The van der Waals surface area contributed by atoms with Gasteiger partial charge in [0.1, 0.15) is 6.26 Å². The molecule has 6 nitrogen and oxygen atoms in total. The second-order valence-corrected chi connectivity index (χ2v) is 9.20. The molecule has 23 heavy (non-hydrogen) atoms. The molecule has 7 heteroatoms. The minimum absolute atomic E-state index is 0.116. The van der Waals surface area contributed by atoms with Crippen LogP contribution < -0.4 is 5.48 Å². The molecule has 0 heterocycles. The van der Waals surface area contributed by atoms with Crippen LogP contribution in [0.3, 0.4) is 0 Å². The standard InChI is InChI=1S/C16H33NO5S/c1-15(2,3)14(17-22-16(4,5)6)13-20-11-9-8-10-12-21-23(7,18)19/h13,17H,8-12H2,1-7H3. The molecular weight excluding hydrogens is 318 g/mol. The van der Waals surface area contributed by atoms with Gasteiger partial charge in [-0.05, 0) is 40.0 Å². The Morgan fingerprint density at radius 1 is 1.00 bits per heavy atom. The zero-order valence-corrected chi connectivity index (χ0v) is 16.4. The van der Waals surface area contributed by atoms with Crippen molar-refractivity contribution in [3.8, 4) is 0 Å². The molecule has 0 unspecified atom stereocenters. The summed E-state index contributed by atoms with van der Waals surface area (Å²) in [5.74, 6) is 0. The summed E-state index contributed by atoms with van der Waals surface area (Å²) in [6.45, 7) is 12.9. The van der Waals surface area contributed by atoms with Crippen molar-refractivity contribution in [2.75, 3.05) is 19.5 Å². The fourth-order valence-electron chi connectivity index (χ4n) is 1.38. The van der Waals surface area contributed by atoms with E-state index in [0.717, 1.165) is 24.8 Å². The van der Waals surface area contributed by atoms with Gasteiger partial charge < -0.3 is 4.74 Å². The molecule has 0 aliphatic heterocycles. The summed E-state index contributed by atoms with van der Waals surface area (Å²) in [4.78, 5) is 5.59. The molecule has 0 spiro atoms. The molecule has 0 saturated carbocycles. The summed E-state index contributed by atoms with van der Waals surface area (Å²) in [7, 11) is -3.33. The van der Waals surface area contributed by atoms with Crippen LogP contribution in [0.5, 0.6) is 0 Å². The van der Waals surface area contributed by atoms with E-state index in [9.17, 15) is 8.42 Å². The van der Waals surface area contributed by atoms with Gasteiger partial charge in [-0.3, -0.25) is 14.5 Å². The van der Waals surface area contributed by atoms with Crippen molar-refractivity contribution in [2.24, 2.45) is 5.41 Å². The van der Waals surface area contributed by atoms with Crippen molar-refractivity contribution in [3.63, 3.8) is 0 Å². The highest BCUT2D eigenvalue weighted by molar-refractivity contribution is 7.85. The predicted octanol–water partition coefficient (Wildman–Crippen LogP) is 3.36. The van der Waals surface area contributed by atoms with Crippen LogP contribution in [0, 0.1) is 5.41 Å². The van der Waals surface area contributed by atoms with Crippen LogP contribution in [-0.4, -0.2) is 33.5 Å². The maximum absolute atomic E-state index is 10.8. The zero-order valence-electron chi connectivity index (χ0n) is 15.6. The molecule has 0 aromatic heterocycles. The summed E-state index contributed by atoms with van der Waals surface area (Å²) in [5.41, 5.74) is 3.44. The Balaban J connectivity index is 4.07. The van der Waals surface area contributed by atoms with Crippen molar-refractivity contribution in [3.05, 3.63) is 12.0 Å². The number of unbranched alkanes of at least 4 members (excludes halogenated alkanes) is 2. The average Bonchev–Trinajstić information content (AvgIpc) is 2.31. The Bertz CT molecular complexity index is 458. The van der Waals surface area contributed by atoms with E-state index in [0.29, 0.717) is 13.0 Å². The van der Waals surface area contributed by atoms with E-state index < -0.39 is 10.1 Å². The molecule has 0 aromatic carbocycles. The van der Waals surface area contributed by atoms with Gasteiger partial charge in [0.15, 0.2) is 0 Å². The van der Waals surface area contributed by atoms with Gasteiger partial charge in [0.2, 0.25) is 0 Å². The van der Waals surface area contributed by atoms with E-state index in [1.165, 1.54) is 0 Å². The minimum Gasteiger partial charge on any atom is -0.499 e. The number of hydrogen-bond acceptors (Lipinski definition) is 6. The third-order valence-electron chi connectivity index (χ3n) is 2.68. The summed E-state index contributed by atoms with van der Waals surface area (Å²) >= 11 is 0. The van der Waals surface area contributed by atoms with Crippen molar-refractivity contribution < 1.29 is 22.2 Å². The molecule has 0 bridgehead atoms. The largest absolute Gasteiger partial charge is 0.499 e. The predicted molar refractivity (Wildman–Crippen MR) is 92.1 cm³/mol. The number of ether oxygens (including phenoxy) is 1. The third-order valence-corrected chi connectivity index (χ3v) is 3.28. The first-order chi connectivity index (χ1) is 10.3. The van der Waals surface area contributed by atoms with Gasteiger partial charge in [-0.2, -0.15) is 8.42 Å². The fraction of sp³-hybridized carbons (Fsp3) is 0.875. The number of hydroxylamine groups is 1. The molecule has 0 aliphatic carbocycles. The van der Waals surface area contributed by atoms with Gasteiger partial charge in [-0.1, -0.05) is 20.8 Å². The van der Waals surface area contributed by atoms with Gasteiger partial charge in [0.05, 0.1) is 30.8 Å². The molecule has 0 fully saturated rings. The lowest BCUT2D eigenvalue weighted by Gasteiger charge is -2.28. The van der Waals surface area contributed by atoms with E-state index in [4.69, 9.17) is 9.57 Å². The van der Waals surface area contributed by atoms with Gasteiger partial charge in [-0.25, -0.2) is 0 Å². The second kappa shape index (κ2) is 9.49. The summed E-state index contributed by atoms with van der Waals surface area (Å²) in [6, 6.07) is 0. The summed E-state index contributed by atoms with van der Waals surface area (Å²) in [5, 5.41) is 0. The van der Waals surface area contributed by atoms with Crippen molar-refractivity contribution >= 4 is 10.1 Å². The van der Waals surface area contributed by atoms with Crippen LogP contribution >= 0.6 is 0 Å². The first-order valence-electron chi connectivity index (χ1n) is 7.92. The highest BCUT2D eigenvalue weighted by Gasteiger charge is 2.20. The van der Waals surface area contributed by atoms with Gasteiger partial charge >= 0.3 is 0 Å². The highest BCUT2D eigenvalue weighted by Crippen LogP contribution is 2.23. The van der Waals surface area contributed by atoms with E-state index in [2.05, 4.69) is 30.4 Å². The second-order valence-electron chi connectivity index (χ2n) is 7.56. The number of allylic oxidation sites excluding steroid dienone is 1. The van der Waals surface area contributed by atoms with E-state index in [1.807, 2.05) is 20.8 Å². The summed E-state index contributed by atoms with van der Waals surface area (Å²) < 4.78 is 31.8. The first-order valence-corrected chi connectivity index (χ1v) is 9.73. The Labute approximate surface area is 141 Å². The Hall–Kier alpha value is -0.790. The van der Waals surface area contributed by atoms with Gasteiger partial charge in [0, 0.05) is 5.41 Å². The van der Waals surface area contributed by atoms with E-state index in [1.54, 1.807) is 6.26 Å². The zero-order chi connectivity index (χ0) is 18.1. The van der Waals surface area contributed by atoms with Crippen LogP contribution in [0.4, 0.5) is 0 Å². The van der Waals surface area contributed by atoms with E-state index in [-0.39, 0.29) is 17.6 Å². The molecule has 0 aromatic rings. The van der Waals surface area contributed by atoms with Crippen molar-refractivity contribution in [1.29, 1.82) is 0 Å². The van der Waals surface area contributed by atoms with E-state index >= 15 is 0 Å². The Morgan fingerprint density at radius 2 is 1.57 bits per heavy atom. The minimum atomic E-state index is -3.33. The fourth-order valence-corrected chi connectivity index (χ4v) is 1.80. The molecule has 0 rings (SSSR count). The van der Waals surface area contributed by atoms with Crippen molar-refractivity contribution in [2.45, 2.75) is 66.4 Å². The van der Waals surface area contributed by atoms with Crippen LogP contribution in [0.1, 0.15) is 60.8 Å². The third kappa shape index (κ3) is 14.5. The summed E-state index contributed by atoms with van der Waals surface area (Å²) in [6.07, 6.45) is 5.12. The maximum atomic E-state index is 10.8. The Morgan fingerprint density at radius 3 is 2.04 bits per heavy atom. The van der Waals surface area contributed by atoms with Gasteiger partial charge in [0.25, 0.3) is 10.1 Å². The molecule has 0 amide bonds. The van der Waals surface area contributed by atoms with Crippen molar-refractivity contribution in [1.82, 2.24) is 5.48 Å². The molecule has 0 saturated heterocycles. The molecule has 138 valence electrons. The topological polar surface area (TPSA) is 73.9 Å². The number of nitrogens with one attached hydrogen (secondary N) is 1. The molecule has 0 radical (unpaired) electrons. The molecule has 0 aliphatic rings. The van der Waals surface area contributed by atoms with Crippen LogP contribution in [-0.2, 0) is 23.9 Å². The molecule has 1 N–H and O–H groups in total. The quantitative estimate of drug-likeness (QED) is 0.282. The van der Waals surface area contributed by atoms with Gasteiger partial charge in [-0.15, -0.1) is 0 Å². The van der Waals surface area contributed by atoms with Crippen LogP contribution in [0.25, 0.3) is 0 Å². The molecular formula is C16H33NO5S.